The molecule has 2 atom stereocenters. The monoisotopic (exact) mass is 413 g/mol. The maximum absolute atomic E-state index is 11.7. The van der Waals surface area contributed by atoms with E-state index >= 15 is 0 Å². The molecule has 1 aliphatic rings. The fourth-order valence-corrected chi connectivity index (χ4v) is 4.72. The van der Waals surface area contributed by atoms with E-state index in [0.717, 1.165) is 32.3 Å². The molecular weight excluding hydrogens is 386 g/mol. The van der Waals surface area contributed by atoms with Crippen LogP contribution in [0.4, 0.5) is 0 Å². The standard InChI is InChI=1S/C22H27N3O3S/c1-16-9-21(12-24-22(16)29(3,26)27)28-15-20-14-25(13-17(20)2)8-7-18-5-4-6-19(10-18)11-23/h4-6,9-10,12,17,20H,7-8,13-15H2,1-3H3. The molecule has 0 saturated carbocycles. The molecular formula is C22H27N3O3S. The highest BCUT2D eigenvalue weighted by Gasteiger charge is 2.29. The van der Waals surface area contributed by atoms with Crippen LogP contribution >= 0.6 is 0 Å². The Kier molecular flexibility index (Phi) is 6.56. The van der Waals surface area contributed by atoms with E-state index in [1.165, 1.54) is 11.8 Å². The van der Waals surface area contributed by atoms with E-state index in [2.05, 4.69) is 28.9 Å². The summed E-state index contributed by atoms with van der Waals surface area (Å²) in [5.74, 6) is 1.54. The molecule has 2 aromatic rings. The van der Waals surface area contributed by atoms with Crippen LogP contribution in [0.2, 0.25) is 0 Å². The second-order valence-corrected chi connectivity index (χ2v) is 9.87. The number of nitrogens with zero attached hydrogens (tertiary/aromatic N) is 3. The van der Waals surface area contributed by atoms with Crippen molar-refractivity contribution < 1.29 is 13.2 Å². The minimum absolute atomic E-state index is 0.103. The predicted molar refractivity (Wildman–Crippen MR) is 112 cm³/mol. The summed E-state index contributed by atoms with van der Waals surface area (Å²) in [6.45, 7) is 7.50. The molecule has 1 aromatic carbocycles. The van der Waals surface area contributed by atoms with E-state index in [-0.39, 0.29) is 5.03 Å². The summed E-state index contributed by atoms with van der Waals surface area (Å²) >= 11 is 0. The second-order valence-electron chi connectivity index (χ2n) is 7.94. The van der Waals surface area contributed by atoms with Gasteiger partial charge in [0.25, 0.3) is 0 Å². The zero-order valence-corrected chi connectivity index (χ0v) is 17.9. The van der Waals surface area contributed by atoms with Crippen molar-refractivity contribution in [3.8, 4) is 11.8 Å². The number of aryl methyl sites for hydroxylation is 1. The normalized spacial score (nSPS) is 19.8. The maximum Gasteiger partial charge on any atom is 0.193 e. The number of rotatable bonds is 7. The molecule has 1 fully saturated rings. The zero-order chi connectivity index (χ0) is 21.0. The average Bonchev–Trinajstić information content (AvgIpc) is 3.03. The zero-order valence-electron chi connectivity index (χ0n) is 17.1. The maximum atomic E-state index is 11.7. The summed E-state index contributed by atoms with van der Waals surface area (Å²) in [4.78, 5) is 6.50. The van der Waals surface area contributed by atoms with Gasteiger partial charge in [-0.15, -0.1) is 0 Å². The highest BCUT2D eigenvalue weighted by Crippen LogP contribution is 2.25. The molecule has 0 radical (unpaired) electrons. The molecule has 0 spiro atoms. The largest absolute Gasteiger partial charge is 0.492 e. The van der Waals surface area contributed by atoms with E-state index in [1.807, 2.05) is 18.2 Å². The Morgan fingerprint density at radius 3 is 2.79 bits per heavy atom. The van der Waals surface area contributed by atoms with Gasteiger partial charge in [-0.1, -0.05) is 19.1 Å². The number of benzene rings is 1. The van der Waals surface area contributed by atoms with Crippen LogP contribution in [-0.4, -0.2) is 50.8 Å². The van der Waals surface area contributed by atoms with Gasteiger partial charge < -0.3 is 9.64 Å². The van der Waals surface area contributed by atoms with E-state index < -0.39 is 9.84 Å². The molecule has 0 N–H and O–H groups in total. The molecule has 2 unspecified atom stereocenters. The molecule has 0 amide bonds. The third kappa shape index (κ3) is 5.55. The quantitative estimate of drug-likeness (QED) is 0.694. The van der Waals surface area contributed by atoms with Crippen molar-refractivity contribution in [2.24, 2.45) is 11.8 Å². The number of ether oxygens (including phenoxy) is 1. The average molecular weight is 414 g/mol. The Labute approximate surface area is 173 Å². The lowest BCUT2D eigenvalue weighted by Crippen LogP contribution is -2.24. The van der Waals surface area contributed by atoms with Gasteiger partial charge in [-0.05, 0) is 48.6 Å². The fraction of sp³-hybridized carbons (Fsp3) is 0.455. The minimum Gasteiger partial charge on any atom is -0.492 e. The fourth-order valence-electron chi connectivity index (χ4n) is 3.83. The molecule has 1 aromatic heterocycles. The van der Waals surface area contributed by atoms with Gasteiger partial charge in [-0.3, -0.25) is 0 Å². The van der Waals surface area contributed by atoms with E-state index in [4.69, 9.17) is 10.00 Å². The van der Waals surface area contributed by atoms with Gasteiger partial charge in [0.15, 0.2) is 14.9 Å². The van der Waals surface area contributed by atoms with Crippen LogP contribution in [0.1, 0.15) is 23.6 Å². The molecule has 3 rings (SSSR count). The Balaban J connectivity index is 1.52. The van der Waals surface area contributed by atoms with Crippen molar-refractivity contribution in [1.29, 1.82) is 5.26 Å². The van der Waals surface area contributed by atoms with Crippen LogP contribution in [0, 0.1) is 30.1 Å². The van der Waals surface area contributed by atoms with Crippen LogP contribution in [0.5, 0.6) is 5.75 Å². The van der Waals surface area contributed by atoms with Gasteiger partial charge >= 0.3 is 0 Å². The molecule has 0 aliphatic carbocycles. The second kappa shape index (κ2) is 8.93. The Morgan fingerprint density at radius 2 is 2.10 bits per heavy atom. The Hall–Kier alpha value is -2.43. The summed E-state index contributed by atoms with van der Waals surface area (Å²) < 4.78 is 29.3. The number of nitriles is 1. The molecule has 1 aliphatic heterocycles. The van der Waals surface area contributed by atoms with Crippen molar-refractivity contribution in [3.05, 3.63) is 53.2 Å². The third-order valence-corrected chi connectivity index (χ3v) is 6.57. The summed E-state index contributed by atoms with van der Waals surface area (Å²) in [7, 11) is -3.32. The lowest BCUT2D eigenvalue weighted by atomic mass is 9.99. The van der Waals surface area contributed by atoms with Crippen molar-refractivity contribution >= 4 is 9.84 Å². The summed E-state index contributed by atoms with van der Waals surface area (Å²) in [6, 6.07) is 11.7. The number of hydrogen-bond donors (Lipinski definition) is 0. The van der Waals surface area contributed by atoms with Crippen LogP contribution in [-0.2, 0) is 16.3 Å². The van der Waals surface area contributed by atoms with Gasteiger partial charge in [0.2, 0.25) is 0 Å². The lowest BCUT2D eigenvalue weighted by Gasteiger charge is -2.17. The first kappa shape index (κ1) is 21.3. The highest BCUT2D eigenvalue weighted by molar-refractivity contribution is 7.90. The SMILES string of the molecule is Cc1cc(OCC2CN(CCc3cccc(C#N)c3)CC2C)cnc1S(C)(=O)=O. The van der Waals surface area contributed by atoms with Gasteiger partial charge in [0.05, 0.1) is 24.4 Å². The van der Waals surface area contributed by atoms with E-state index in [0.29, 0.717) is 35.3 Å². The third-order valence-electron chi connectivity index (χ3n) is 5.44. The minimum atomic E-state index is -3.32. The Bertz CT molecular complexity index is 1010. The van der Waals surface area contributed by atoms with Crippen LogP contribution < -0.4 is 4.74 Å². The summed E-state index contributed by atoms with van der Waals surface area (Å²) in [5, 5.41) is 9.13. The molecule has 29 heavy (non-hydrogen) atoms. The molecule has 0 bridgehead atoms. The molecule has 7 heteroatoms. The lowest BCUT2D eigenvalue weighted by molar-refractivity contribution is 0.224. The van der Waals surface area contributed by atoms with Crippen molar-refractivity contribution in [1.82, 2.24) is 9.88 Å². The number of hydrogen-bond acceptors (Lipinski definition) is 6. The van der Waals surface area contributed by atoms with Crippen LogP contribution in [0.15, 0.2) is 41.6 Å². The topological polar surface area (TPSA) is 83.3 Å². The van der Waals surface area contributed by atoms with Gasteiger partial charge in [-0.2, -0.15) is 5.26 Å². The van der Waals surface area contributed by atoms with Gasteiger partial charge in [0.1, 0.15) is 5.75 Å². The van der Waals surface area contributed by atoms with Crippen molar-refractivity contribution in [3.63, 3.8) is 0 Å². The smallest absolute Gasteiger partial charge is 0.193 e. The number of pyridine rings is 1. The van der Waals surface area contributed by atoms with Gasteiger partial charge in [0, 0.05) is 31.8 Å². The van der Waals surface area contributed by atoms with Crippen LogP contribution in [0.25, 0.3) is 0 Å². The van der Waals surface area contributed by atoms with Crippen LogP contribution in [0.3, 0.4) is 0 Å². The summed E-state index contributed by atoms with van der Waals surface area (Å²) in [5.41, 5.74) is 2.49. The van der Waals surface area contributed by atoms with E-state index in [9.17, 15) is 8.42 Å². The Morgan fingerprint density at radius 1 is 1.31 bits per heavy atom. The summed E-state index contributed by atoms with van der Waals surface area (Å²) in [6.07, 6.45) is 3.57. The van der Waals surface area contributed by atoms with Gasteiger partial charge in [-0.25, -0.2) is 13.4 Å². The van der Waals surface area contributed by atoms with Crippen molar-refractivity contribution in [2.75, 3.05) is 32.5 Å². The molecule has 6 nitrogen and oxygen atoms in total. The first-order valence-electron chi connectivity index (χ1n) is 9.77. The molecule has 154 valence electrons. The number of likely N-dealkylation sites (tertiary alicyclic amines) is 1. The highest BCUT2D eigenvalue weighted by atomic mass is 32.2. The molecule has 2 heterocycles. The number of sulfone groups is 1. The molecule has 1 saturated heterocycles. The van der Waals surface area contributed by atoms with E-state index in [1.54, 1.807) is 13.0 Å². The first-order chi connectivity index (χ1) is 13.8. The van der Waals surface area contributed by atoms with Crippen molar-refractivity contribution in [2.45, 2.75) is 25.3 Å². The first-order valence-corrected chi connectivity index (χ1v) is 11.7. The predicted octanol–water partition coefficient (Wildman–Crippen LogP) is 2.85. The number of aromatic nitrogens is 1.